The summed E-state index contributed by atoms with van der Waals surface area (Å²) < 4.78 is 11.3. The Hall–Kier alpha value is -1.13. The Kier molecular flexibility index (Phi) is 7.68. The minimum Gasteiger partial charge on any atom is -0.475 e. The summed E-state index contributed by atoms with van der Waals surface area (Å²) in [6.07, 6.45) is 0.230. The van der Waals surface area contributed by atoms with Crippen molar-refractivity contribution in [1.29, 1.82) is 0 Å². The van der Waals surface area contributed by atoms with Gasteiger partial charge in [0, 0.05) is 17.8 Å². The molecular formula is C17H30N2O2. The zero-order valence-electron chi connectivity index (χ0n) is 14.3. The van der Waals surface area contributed by atoms with Crippen molar-refractivity contribution in [3.8, 4) is 5.88 Å². The van der Waals surface area contributed by atoms with Crippen LogP contribution in [-0.2, 0) is 11.3 Å². The summed E-state index contributed by atoms with van der Waals surface area (Å²) in [6, 6.07) is 2.10. The Labute approximate surface area is 129 Å². The van der Waals surface area contributed by atoms with E-state index in [1.54, 1.807) is 0 Å². The molecule has 4 nitrogen and oxygen atoms in total. The van der Waals surface area contributed by atoms with Crippen LogP contribution in [0.15, 0.2) is 6.07 Å². The third-order valence-electron chi connectivity index (χ3n) is 3.07. The molecule has 0 bridgehead atoms. The van der Waals surface area contributed by atoms with Crippen molar-refractivity contribution in [1.82, 2.24) is 10.3 Å². The monoisotopic (exact) mass is 294 g/mol. The minimum atomic E-state index is 0.230. The van der Waals surface area contributed by atoms with Gasteiger partial charge in [0.15, 0.2) is 0 Å². The Morgan fingerprint density at radius 1 is 1.14 bits per heavy atom. The maximum absolute atomic E-state index is 5.83. The molecule has 1 heterocycles. The van der Waals surface area contributed by atoms with Crippen LogP contribution in [-0.4, -0.2) is 30.8 Å². The highest BCUT2D eigenvalue weighted by atomic mass is 16.5. The molecule has 0 fully saturated rings. The number of rotatable bonds is 9. The van der Waals surface area contributed by atoms with Gasteiger partial charge in [-0.25, -0.2) is 4.98 Å². The smallest absolute Gasteiger partial charge is 0.218 e. The summed E-state index contributed by atoms with van der Waals surface area (Å²) in [5, 5.41) is 3.46. The van der Waals surface area contributed by atoms with Gasteiger partial charge < -0.3 is 14.8 Å². The van der Waals surface area contributed by atoms with Crippen molar-refractivity contribution in [2.75, 3.05) is 19.8 Å². The quantitative estimate of drug-likeness (QED) is 0.710. The van der Waals surface area contributed by atoms with E-state index in [9.17, 15) is 0 Å². The van der Waals surface area contributed by atoms with Gasteiger partial charge in [0.25, 0.3) is 0 Å². The molecule has 1 aromatic heterocycles. The van der Waals surface area contributed by atoms with Gasteiger partial charge in [-0.15, -0.1) is 0 Å². The van der Waals surface area contributed by atoms with Gasteiger partial charge in [-0.2, -0.15) is 0 Å². The molecule has 0 aliphatic rings. The summed E-state index contributed by atoms with van der Waals surface area (Å²) in [6.45, 7) is 15.5. The number of hydrogen-bond donors (Lipinski definition) is 1. The number of aryl methyl sites for hydroxylation is 2. The first-order valence-electron chi connectivity index (χ1n) is 7.82. The van der Waals surface area contributed by atoms with Crippen LogP contribution in [0.5, 0.6) is 5.88 Å². The summed E-state index contributed by atoms with van der Waals surface area (Å²) in [7, 11) is 0. The molecule has 1 N–H and O–H groups in total. The molecule has 0 saturated carbocycles. The molecule has 0 unspecified atom stereocenters. The zero-order valence-corrected chi connectivity index (χ0v) is 14.3. The number of nitrogens with one attached hydrogen (secondary N) is 1. The number of nitrogens with zero attached hydrogens (tertiary/aromatic N) is 1. The van der Waals surface area contributed by atoms with E-state index in [0.29, 0.717) is 19.1 Å². The molecule has 0 saturated heterocycles. The lowest BCUT2D eigenvalue weighted by Gasteiger charge is -2.16. The average molecular weight is 294 g/mol. The Morgan fingerprint density at radius 2 is 1.86 bits per heavy atom. The van der Waals surface area contributed by atoms with E-state index < -0.39 is 0 Å². The van der Waals surface area contributed by atoms with Gasteiger partial charge in [0.05, 0.1) is 12.7 Å². The summed E-state index contributed by atoms with van der Waals surface area (Å²) in [5.41, 5.74) is 3.35. The largest absolute Gasteiger partial charge is 0.475 e. The maximum Gasteiger partial charge on any atom is 0.218 e. The van der Waals surface area contributed by atoms with Gasteiger partial charge >= 0.3 is 0 Å². The van der Waals surface area contributed by atoms with Crippen LogP contribution in [0.4, 0.5) is 0 Å². The van der Waals surface area contributed by atoms with E-state index in [0.717, 1.165) is 30.2 Å². The first-order valence-corrected chi connectivity index (χ1v) is 7.82. The highest BCUT2D eigenvalue weighted by molar-refractivity contribution is 5.35. The number of ether oxygens (including phenoxy) is 2. The highest BCUT2D eigenvalue weighted by Gasteiger charge is 2.10. The van der Waals surface area contributed by atoms with E-state index in [2.05, 4.69) is 37.1 Å². The van der Waals surface area contributed by atoms with Crippen LogP contribution < -0.4 is 10.1 Å². The fourth-order valence-corrected chi connectivity index (χ4v) is 2.07. The zero-order chi connectivity index (χ0) is 15.8. The van der Waals surface area contributed by atoms with E-state index in [1.807, 2.05) is 20.8 Å². The maximum atomic E-state index is 5.83. The molecule has 1 aromatic rings. The van der Waals surface area contributed by atoms with Gasteiger partial charge in [0.1, 0.15) is 6.61 Å². The predicted octanol–water partition coefficient (Wildman–Crippen LogP) is 3.25. The first kappa shape index (κ1) is 17.9. The van der Waals surface area contributed by atoms with Crippen LogP contribution in [0.3, 0.4) is 0 Å². The van der Waals surface area contributed by atoms with Gasteiger partial charge in [-0.3, -0.25) is 0 Å². The summed E-state index contributed by atoms with van der Waals surface area (Å²) in [5.74, 6) is 1.36. The molecular weight excluding hydrogens is 264 g/mol. The number of pyridine rings is 1. The van der Waals surface area contributed by atoms with Gasteiger partial charge in [0.2, 0.25) is 5.88 Å². The normalized spacial score (nSPS) is 11.4. The van der Waals surface area contributed by atoms with Crippen molar-refractivity contribution >= 4 is 0 Å². The third-order valence-corrected chi connectivity index (χ3v) is 3.07. The fraction of sp³-hybridized carbons (Fsp3) is 0.706. The molecule has 0 aromatic carbocycles. The van der Waals surface area contributed by atoms with Crippen LogP contribution >= 0.6 is 0 Å². The lowest BCUT2D eigenvalue weighted by molar-refractivity contribution is 0.0539. The van der Waals surface area contributed by atoms with E-state index in [1.165, 1.54) is 5.56 Å². The Morgan fingerprint density at radius 3 is 2.48 bits per heavy atom. The SMILES string of the molecule is Cc1cc(C)c(CNCC(C)C)c(OCCOC(C)C)n1. The lowest BCUT2D eigenvalue weighted by atomic mass is 10.1. The standard InChI is InChI=1S/C17H30N2O2/c1-12(2)10-18-11-16-14(5)9-15(6)19-17(16)21-8-7-20-13(3)4/h9,12-13,18H,7-8,10-11H2,1-6H3. The summed E-state index contributed by atoms with van der Waals surface area (Å²) >= 11 is 0. The molecule has 0 aliphatic carbocycles. The molecule has 0 radical (unpaired) electrons. The molecule has 0 spiro atoms. The molecule has 0 amide bonds. The highest BCUT2D eigenvalue weighted by Crippen LogP contribution is 2.21. The fourth-order valence-electron chi connectivity index (χ4n) is 2.07. The molecule has 21 heavy (non-hydrogen) atoms. The molecule has 1 rings (SSSR count). The van der Waals surface area contributed by atoms with Crippen molar-refractivity contribution in [2.24, 2.45) is 5.92 Å². The second-order valence-corrected chi connectivity index (χ2v) is 6.16. The first-order chi connectivity index (χ1) is 9.90. The molecule has 4 heteroatoms. The average Bonchev–Trinajstić information content (AvgIpc) is 2.36. The van der Waals surface area contributed by atoms with E-state index in [-0.39, 0.29) is 6.10 Å². The number of aromatic nitrogens is 1. The van der Waals surface area contributed by atoms with Crippen LogP contribution in [0.2, 0.25) is 0 Å². The van der Waals surface area contributed by atoms with E-state index >= 15 is 0 Å². The summed E-state index contributed by atoms with van der Waals surface area (Å²) in [4.78, 5) is 4.53. The van der Waals surface area contributed by atoms with Gasteiger partial charge in [-0.05, 0) is 51.8 Å². The molecule has 120 valence electrons. The van der Waals surface area contributed by atoms with Crippen molar-refractivity contribution < 1.29 is 9.47 Å². The predicted molar refractivity (Wildman–Crippen MR) is 86.8 cm³/mol. The van der Waals surface area contributed by atoms with Crippen molar-refractivity contribution in [3.05, 3.63) is 22.9 Å². The van der Waals surface area contributed by atoms with Crippen molar-refractivity contribution in [2.45, 2.75) is 54.2 Å². The second kappa shape index (κ2) is 9.00. The van der Waals surface area contributed by atoms with Crippen LogP contribution in [0.25, 0.3) is 0 Å². The molecule has 0 atom stereocenters. The molecule has 0 aliphatic heterocycles. The lowest BCUT2D eigenvalue weighted by Crippen LogP contribution is -2.21. The van der Waals surface area contributed by atoms with Crippen LogP contribution in [0, 0.1) is 19.8 Å². The van der Waals surface area contributed by atoms with Crippen molar-refractivity contribution in [3.63, 3.8) is 0 Å². The topological polar surface area (TPSA) is 43.4 Å². The van der Waals surface area contributed by atoms with Crippen LogP contribution in [0.1, 0.15) is 44.5 Å². The minimum absolute atomic E-state index is 0.230. The van der Waals surface area contributed by atoms with Gasteiger partial charge in [-0.1, -0.05) is 13.8 Å². The Bertz CT molecular complexity index is 431. The van der Waals surface area contributed by atoms with E-state index in [4.69, 9.17) is 9.47 Å². The Balaban J connectivity index is 2.66. The third kappa shape index (κ3) is 6.91. The second-order valence-electron chi connectivity index (χ2n) is 6.16. The number of hydrogen-bond acceptors (Lipinski definition) is 4.